The van der Waals surface area contributed by atoms with Crippen molar-refractivity contribution in [3.05, 3.63) is 112 Å². The summed E-state index contributed by atoms with van der Waals surface area (Å²) in [5, 5.41) is 4.06. The van der Waals surface area contributed by atoms with Gasteiger partial charge in [0.1, 0.15) is 18.9 Å². The molecule has 0 bridgehead atoms. The molecule has 43 heavy (non-hydrogen) atoms. The van der Waals surface area contributed by atoms with Crippen LogP contribution >= 0.6 is 15.9 Å². The maximum atomic E-state index is 13.8. The predicted octanol–water partition coefficient (Wildman–Crippen LogP) is 6.01. The van der Waals surface area contributed by atoms with Gasteiger partial charge in [-0.1, -0.05) is 54.1 Å². The van der Waals surface area contributed by atoms with Gasteiger partial charge in [-0.3, -0.25) is 9.10 Å². The Balaban J connectivity index is 1.54. The molecule has 1 amide bonds. The van der Waals surface area contributed by atoms with Crippen molar-refractivity contribution < 1.29 is 27.4 Å². The SMILES string of the molecule is COc1ccc(C)cc1N(CC(=O)N/N=C\c1cc(Br)c(OCc2ccccc2)c(OC)c1)S(=O)(=O)c1ccc(C)cc1. The van der Waals surface area contributed by atoms with Crippen LogP contribution in [0.1, 0.15) is 22.3 Å². The molecule has 4 aromatic rings. The van der Waals surface area contributed by atoms with Gasteiger partial charge in [-0.2, -0.15) is 5.10 Å². The van der Waals surface area contributed by atoms with E-state index in [1.54, 1.807) is 42.5 Å². The fraction of sp³-hybridized carbons (Fsp3) is 0.188. The van der Waals surface area contributed by atoms with Crippen molar-refractivity contribution in [3.8, 4) is 17.2 Å². The second kappa shape index (κ2) is 14.2. The van der Waals surface area contributed by atoms with Gasteiger partial charge in [-0.05, 0) is 82.9 Å². The number of nitrogens with one attached hydrogen (secondary N) is 1. The number of sulfonamides is 1. The molecule has 0 heterocycles. The Hall–Kier alpha value is -4.35. The molecule has 0 saturated heterocycles. The summed E-state index contributed by atoms with van der Waals surface area (Å²) in [5.41, 5.74) is 5.99. The summed E-state index contributed by atoms with van der Waals surface area (Å²) in [6, 6.07) is 24.8. The van der Waals surface area contributed by atoms with Crippen LogP contribution in [0.15, 0.2) is 99.4 Å². The van der Waals surface area contributed by atoms with Crippen molar-refractivity contribution >= 4 is 43.8 Å². The molecule has 0 spiro atoms. The van der Waals surface area contributed by atoms with Crippen LogP contribution in [0.2, 0.25) is 0 Å². The number of ether oxygens (including phenoxy) is 3. The van der Waals surface area contributed by atoms with Crippen molar-refractivity contribution in [2.45, 2.75) is 25.3 Å². The number of hydrogen-bond donors (Lipinski definition) is 1. The first-order valence-electron chi connectivity index (χ1n) is 13.2. The summed E-state index contributed by atoms with van der Waals surface area (Å²) in [5.74, 6) is 0.657. The van der Waals surface area contributed by atoms with Gasteiger partial charge in [-0.15, -0.1) is 0 Å². The van der Waals surface area contributed by atoms with Crippen LogP contribution in [0.3, 0.4) is 0 Å². The van der Waals surface area contributed by atoms with Crippen molar-refractivity contribution in [1.29, 1.82) is 0 Å². The summed E-state index contributed by atoms with van der Waals surface area (Å²) in [6.07, 6.45) is 1.43. The average molecular weight is 667 g/mol. The number of halogens is 1. The molecule has 11 heteroatoms. The van der Waals surface area contributed by atoms with Crippen LogP contribution in [0.5, 0.6) is 17.2 Å². The average Bonchev–Trinajstić information content (AvgIpc) is 2.99. The highest BCUT2D eigenvalue weighted by Gasteiger charge is 2.29. The largest absolute Gasteiger partial charge is 0.495 e. The highest BCUT2D eigenvalue weighted by Crippen LogP contribution is 2.37. The van der Waals surface area contributed by atoms with Crippen LogP contribution < -0.4 is 23.9 Å². The topological polar surface area (TPSA) is 107 Å². The van der Waals surface area contributed by atoms with Crippen LogP contribution in [0, 0.1) is 13.8 Å². The van der Waals surface area contributed by atoms with E-state index in [9.17, 15) is 13.2 Å². The minimum absolute atomic E-state index is 0.0458. The summed E-state index contributed by atoms with van der Waals surface area (Å²) in [7, 11) is -1.16. The maximum absolute atomic E-state index is 13.8. The molecule has 1 N–H and O–H groups in total. The number of carbonyl (C=O) groups excluding carboxylic acids is 1. The zero-order valence-electron chi connectivity index (χ0n) is 24.2. The molecule has 4 aromatic carbocycles. The highest BCUT2D eigenvalue weighted by atomic mass is 79.9. The zero-order valence-corrected chi connectivity index (χ0v) is 26.6. The summed E-state index contributed by atoms with van der Waals surface area (Å²) in [6.45, 7) is 3.51. The molecule has 0 aliphatic heterocycles. The minimum Gasteiger partial charge on any atom is -0.495 e. The number of rotatable bonds is 12. The molecule has 0 aliphatic carbocycles. The lowest BCUT2D eigenvalue weighted by Gasteiger charge is -2.25. The minimum atomic E-state index is -4.13. The highest BCUT2D eigenvalue weighted by molar-refractivity contribution is 9.10. The third kappa shape index (κ3) is 7.94. The second-order valence-corrected chi connectivity index (χ2v) is 12.3. The monoisotopic (exact) mass is 665 g/mol. The molecule has 9 nitrogen and oxygen atoms in total. The Labute approximate surface area is 260 Å². The number of hydrogen-bond acceptors (Lipinski definition) is 7. The van der Waals surface area contributed by atoms with Crippen LogP contribution in [0.25, 0.3) is 0 Å². The number of carbonyl (C=O) groups is 1. The number of hydrazone groups is 1. The standard InChI is InChI=1S/C32H32BrN3O6S/c1-22-10-13-26(14-11-22)43(38,39)36(28-16-23(2)12-15-29(28)40-3)20-31(37)35-34-19-25-17-27(33)32(30(18-25)41-4)42-21-24-8-6-5-7-9-24/h5-19H,20-21H2,1-4H3,(H,35,37)/b34-19-. The predicted molar refractivity (Wildman–Crippen MR) is 171 cm³/mol. The number of anilines is 1. The van der Waals surface area contributed by atoms with Gasteiger partial charge >= 0.3 is 0 Å². The van der Waals surface area contributed by atoms with E-state index in [4.69, 9.17) is 14.2 Å². The molecular weight excluding hydrogens is 634 g/mol. The number of nitrogens with zero attached hydrogens (tertiary/aromatic N) is 2. The number of amides is 1. The fourth-order valence-corrected chi connectivity index (χ4v) is 6.16. The van der Waals surface area contributed by atoms with E-state index in [0.717, 1.165) is 21.0 Å². The first-order chi connectivity index (χ1) is 20.6. The van der Waals surface area contributed by atoms with Crippen molar-refractivity contribution in [3.63, 3.8) is 0 Å². The van der Waals surface area contributed by atoms with Crippen molar-refractivity contribution in [2.24, 2.45) is 5.10 Å². The number of methoxy groups -OCH3 is 2. The third-order valence-electron chi connectivity index (χ3n) is 6.38. The summed E-state index contributed by atoms with van der Waals surface area (Å²) in [4.78, 5) is 13.1. The second-order valence-electron chi connectivity index (χ2n) is 9.60. The Kier molecular flexibility index (Phi) is 10.4. The molecule has 0 radical (unpaired) electrons. The van der Waals surface area contributed by atoms with E-state index in [-0.39, 0.29) is 10.6 Å². The molecule has 224 valence electrons. The van der Waals surface area contributed by atoms with Gasteiger partial charge < -0.3 is 14.2 Å². The Morgan fingerprint density at radius 3 is 2.26 bits per heavy atom. The van der Waals surface area contributed by atoms with Crippen LogP contribution in [-0.4, -0.2) is 41.3 Å². The first-order valence-corrected chi connectivity index (χ1v) is 15.5. The van der Waals surface area contributed by atoms with Crippen LogP contribution in [0.4, 0.5) is 5.69 Å². The molecule has 0 atom stereocenters. The number of aryl methyl sites for hydroxylation is 2. The summed E-state index contributed by atoms with van der Waals surface area (Å²) < 4.78 is 46.1. The van der Waals surface area contributed by atoms with Crippen molar-refractivity contribution in [2.75, 3.05) is 25.1 Å². The Morgan fingerprint density at radius 1 is 0.907 bits per heavy atom. The lowest BCUT2D eigenvalue weighted by atomic mass is 10.2. The summed E-state index contributed by atoms with van der Waals surface area (Å²) >= 11 is 3.52. The van der Waals surface area contributed by atoms with Gasteiger partial charge in [0.05, 0.1) is 35.5 Å². The third-order valence-corrected chi connectivity index (χ3v) is 8.74. The molecule has 0 aliphatic rings. The Bertz CT molecular complexity index is 1710. The molecule has 0 unspecified atom stereocenters. The molecule has 4 rings (SSSR count). The fourth-order valence-electron chi connectivity index (χ4n) is 4.16. The van der Waals surface area contributed by atoms with Gasteiger partial charge in [0.15, 0.2) is 11.5 Å². The van der Waals surface area contributed by atoms with Crippen LogP contribution in [-0.2, 0) is 21.4 Å². The van der Waals surface area contributed by atoms with E-state index in [1.807, 2.05) is 44.2 Å². The lowest BCUT2D eigenvalue weighted by Crippen LogP contribution is -2.39. The van der Waals surface area contributed by atoms with E-state index in [2.05, 4.69) is 26.5 Å². The van der Waals surface area contributed by atoms with E-state index < -0.39 is 22.5 Å². The van der Waals surface area contributed by atoms with E-state index in [1.165, 1.54) is 32.6 Å². The normalized spacial score (nSPS) is 11.3. The molecule has 0 aromatic heterocycles. The van der Waals surface area contributed by atoms with Crippen molar-refractivity contribution in [1.82, 2.24) is 5.43 Å². The van der Waals surface area contributed by atoms with Gasteiger partial charge in [-0.25, -0.2) is 13.8 Å². The Morgan fingerprint density at radius 2 is 1.58 bits per heavy atom. The smallest absolute Gasteiger partial charge is 0.264 e. The molecule has 0 saturated carbocycles. The maximum Gasteiger partial charge on any atom is 0.264 e. The first kappa shape index (κ1) is 31.6. The zero-order chi connectivity index (χ0) is 31.0. The molecular formula is C32H32BrN3O6S. The van der Waals surface area contributed by atoms with E-state index >= 15 is 0 Å². The van der Waals surface area contributed by atoms with Gasteiger partial charge in [0, 0.05) is 0 Å². The quantitative estimate of drug-likeness (QED) is 0.147. The van der Waals surface area contributed by atoms with Gasteiger partial charge in [0.2, 0.25) is 0 Å². The van der Waals surface area contributed by atoms with Gasteiger partial charge in [0.25, 0.3) is 15.9 Å². The number of benzene rings is 4. The lowest BCUT2D eigenvalue weighted by molar-refractivity contribution is -0.119. The molecule has 0 fully saturated rings. The van der Waals surface area contributed by atoms with E-state index in [0.29, 0.717) is 33.9 Å².